The van der Waals surface area contributed by atoms with E-state index >= 15 is 0 Å². The predicted octanol–water partition coefficient (Wildman–Crippen LogP) is 3.21. The van der Waals surface area contributed by atoms with Gasteiger partial charge in [-0.15, -0.1) is 0 Å². The topological polar surface area (TPSA) is 79.0 Å². The summed E-state index contributed by atoms with van der Waals surface area (Å²) < 4.78 is 18.8. The number of carbonyl (C=O) groups excluding carboxylic acids is 3. The number of nitrogens with one attached hydrogen (secondary N) is 1. The molecular formula is C22H21ClFN3O4. The third-order valence-electron chi connectivity index (χ3n) is 5.84. The second-order valence-electron chi connectivity index (χ2n) is 7.64. The fourth-order valence-corrected chi connectivity index (χ4v) is 4.22. The van der Waals surface area contributed by atoms with Crippen LogP contribution >= 0.6 is 11.6 Å². The monoisotopic (exact) mass is 445 g/mol. The van der Waals surface area contributed by atoms with Gasteiger partial charge in [0.15, 0.2) is 11.6 Å². The van der Waals surface area contributed by atoms with Crippen LogP contribution in [0.1, 0.15) is 28.8 Å². The summed E-state index contributed by atoms with van der Waals surface area (Å²) in [5, 5.41) is 3.29. The molecule has 0 atom stereocenters. The van der Waals surface area contributed by atoms with Gasteiger partial charge in [-0.25, -0.2) is 9.18 Å². The summed E-state index contributed by atoms with van der Waals surface area (Å²) in [6, 6.07) is 10.6. The normalized spacial score (nSPS) is 17.8. The molecule has 7 nitrogen and oxygen atoms in total. The van der Waals surface area contributed by atoms with E-state index in [1.807, 2.05) is 0 Å². The number of piperidine rings is 1. The zero-order chi connectivity index (χ0) is 22.2. The number of rotatable bonds is 4. The largest absolute Gasteiger partial charge is 0.494 e. The number of halogens is 2. The third kappa shape index (κ3) is 3.83. The summed E-state index contributed by atoms with van der Waals surface area (Å²) in [6.45, 7) is 0.608. The van der Waals surface area contributed by atoms with Crippen LogP contribution in [0, 0.1) is 5.82 Å². The molecule has 2 aliphatic heterocycles. The zero-order valence-electron chi connectivity index (χ0n) is 16.9. The van der Waals surface area contributed by atoms with Crippen LogP contribution < -0.4 is 10.1 Å². The summed E-state index contributed by atoms with van der Waals surface area (Å²) >= 11 is 6.17. The minimum Gasteiger partial charge on any atom is -0.494 e. The van der Waals surface area contributed by atoms with Crippen molar-refractivity contribution in [3.63, 3.8) is 0 Å². The molecule has 2 aliphatic rings. The lowest BCUT2D eigenvalue weighted by Gasteiger charge is -2.37. The molecular weight excluding hydrogens is 425 g/mol. The highest BCUT2D eigenvalue weighted by molar-refractivity contribution is 6.31. The third-order valence-corrected chi connectivity index (χ3v) is 6.20. The maximum absolute atomic E-state index is 14.0. The quantitative estimate of drug-likeness (QED) is 0.733. The van der Waals surface area contributed by atoms with Crippen LogP contribution in [-0.2, 0) is 11.3 Å². The first-order valence-electron chi connectivity index (χ1n) is 9.85. The SMILES string of the molecule is COc1ccc(C(=O)N2CCC3(CC2)NC(=O)N(Cc2ccccc2Cl)C3=O)cc1F. The number of ether oxygens (including phenoxy) is 1. The number of imide groups is 1. The summed E-state index contributed by atoms with van der Waals surface area (Å²) in [5.74, 6) is -1.21. The van der Waals surface area contributed by atoms with E-state index in [-0.39, 0.29) is 55.6 Å². The van der Waals surface area contributed by atoms with Crippen molar-refractivity contribution in [3.8, 4) is 5.75 Å². The Morgan fingerprint density at radius 1 is 1.19 bits per heavy atom. The molecule has 0 aromatic heterocycles. The van der Waals surface area contributed by atoms with Gasteiger partial charge in [0.25, 0.3) is 11.8 Å². The van der Waals surface area contributed by atoms with Crippen molar-refractivity contribution in [3.05, 3.63) is 64.4 Å². The van der Waals surface area contributed by atoms with Gasteiger partial charge < -0.3 is 15.0 Å². The lowest BCUT2D eigenvalue weighted by Crippen LogP contribution is -2.55. The van der Waals surface area contributed by atoms with Gasteiger partial charge in [-0.2, -0.15) is 0 Å². The Hall–Kier alpha value is -3.13. The average Bonchev–Trinajstić information content (AvgIpc) is 2.99. The van der Waals surface area contributed by atoms with Crippen LogP contribution in [0.2, 0.25) is 5.02 Å². The number of methoxy groups -OCH3 is 1. The molecule has 162 valence electrons. The molecule has 2 fully saturated rings. The van der Waals surface area contributed by atoms with Crippen LogP contribution in [0.3, 0.4) is 0 Å². The molecule has 0 saturated carbocycles. The molecule has 4 amide bonds. The Kier molecular flexibility index (Phi) is 5.58. The number of hydrogen-bond donors (Lipinski definition) is 1. The number of hydrogen-bond acceptors (Lipinski definition) is 4. The van der Waals surface area contributed by atoms with Gasteiger partial charge in [0, 0.05) is 23.7 Å². The molecule has 0 bridgehead atoms. The van der Waals surface area contributed by atoms with E-state index in [0.717, 1.165) is 11.0 Å². The maximum atomic E-state index is 14.0. The van der Waals surface area contributed by atoms with Crippen LogP contribution in [0.15, 0.2) is 42.5 Å². The van der Waals surface area contributed by atoms with Gasteiger partial charge in [0.1, 0.15) is 5.54 Å². The molecule has 1 N–H and O–H groups in total. The van der Waals surface area contributed by atoms with E-state index in [1.165, 1.54) is 19.2 Å². The first-order valence-corrected chi connectivity index (χ1v) is 10.2. The van der Waals surface area contributed by atoms with Gasteiger partial charge in [-0.3, -0.25) is 14.5 Å². The van der Waals surface area contributed by atoms with E-state index in [1.54, 1.807) is 29.2 Å². The second kappa shape index (κ2) is 8.19. The molecule has 31 heavy (non-hydrogen) atoms. The molecule has 2 aromatic rings. The Balaban J connectivity index is 1.44. The van der Waals surface area contributed by atoms with Crippen molar-refractivity contribution < 1.29 is 23.5 Å². The number of carbonyl (C=O) groups is 3. The maximum Gasteiger partial charge on any atom is 0.325 e. The minimum absolute atomic E-state index is 0.0621. The number of urea groups is 1. The van der Waals surface area contributed by atoms with E-state index < -0.39 is 17.4 Å². The molecule has 2 aromatic carbocycles. The zero-order valence-corrected chi connectivity index (χ0v) is 17.6. The Morgan fingerprint density at radius 2 is 1.90 bits per heavy atom. The lowest BCUT2D eigenvalue weighted by atomic mass is 9.87. The first kappa shape index (κ1) is 21.1. The molecule has 0 unspecified atom stereocenters. The van der Waals surface area contributed by atoms with Crippen LogP contribution in [0.4, 0.5) is 9.18 Å². The summed E-state index contributed by atoms with van der Waals surface area (Å²) in [4.78, 5) is 41.1. The van der Waals surface area contributed by atoms with Crippen LogP contribution in [0.5, 0.6) is 5.75 Å². The number of nitrogens with zero attached hydrogens (tertiary/aromatic N) is 2. The van der Waals surface area contributed by atoms with E-state index in [0.29, 0.717) is 10.6 Å². The lowest BCUT2D eigenvalue weighted by molar-refractivity contribution is -0.133. The van der Waals surface area contributed by atoms with Crippen molar-refractivity contribution in [2.75, 3.05) is 20.2 Å². The smallest absolute Gasteiger partial charge is 0.325 e. The van der Waals surface area contributed by atoms with Gasteiger partial charge in [0.05, 0.1) is 13.7 Å². The highest BCUT2D eigenvalue weighted by Gasteiger charge is 2.52. The van der Waals surface area contributed by atoms with E-state index in [4.69, 9.17) is 16.3 Å². The van der Waals surface area contributed by atoms with E-state index in [2.05, 4.69) is 5.32 Å². The summed E-state index contributed by atoms with van der Waals surface area (Å²) in [5.41, 5.74) is -0.157. The van der Waals surface area contributed by atoms with Crippen molar-refractivity contribution in [1.29, 1.82) is 0 Å². The number of likely N-dealkylation sites (tertiary alicyclic amines) is 1. The van der Waals surface area contributed by atoms with Crippen LogP contribution in [-0.4, -0.2) is 53.4 Å². The molecule has 4 rings (SSSR count). The average molecular weight is 446 g/mol. The highest BCUT2D eigenvalue weighted by Crippen LogP contribution is 2.32. The second-order valence-corrected chi connectivity index (χ2v) is 8.04. The fourth-order valence-electron chi connectivity index (χ4n) is 4.03. The molecule has 2 saturated heterocycles. The first-order chi connectivity index (χ1) is 14.8. The number of amides is 4. The van der Waals surface area contributed by atoms with Gasteiger partial charge in [-0.1, -0.05) is 29.8 Å². The molecule has 0 radical (unpaired) electrons. The highest BCUT2D eigenvalue weighted by atomic mass is 35.5. The molecule has 0 aliphatic carbocycles. The van der Waals surface area contributed by atoms with Crippen molar-refractivity contribution in [2.24, 2.45) is 0 Å². The van der Waals surface area contributed by atoms with E-state index in [9.17, 15) is 18.8 Å². The van der Waals surface area contributed by atoms with Gasteiger partial charge >= 0.3 is 6.03 Å². The Labute approximate surface area is 183 Å². The van der Waals surface area contributed by atoms with Crippen molar-refractivity contribution >= 4 is 29.4 Å². The standard InChI is InChI=1S/C22H21ClFN3O4/c1-31-18-7-6-14(12-17(18)24)19(28)26-10-8-22(9-11-26)20(29)27(21(30)25-22)13-15-4-2-3-5-16(15)23/h2-7,12H,8-11,13H2,1H3,(H,25,30). The van der Waals surface area contributed by atoms with Crippen molar-refractivity contribution in [2.45, 2.75) is 24.9 Å². The molecule has 9 heteroatoms. The Bertz CT molecular complexity index is 1050. The van der Waals surface area contributed by atoms with Gasteiger partial charge in [0.2, 0.25) is 0 Å². The van der Waals surface area contributed by atoms with Gasteiger partial charge in [-0.05, 0) is 42.7 Å². The summed E-state index contributed by atoms with van der Waals surface area (Å²) in [7, 11) is 1.35. The number of benzene rings is 2. The molecule has 1 spiro atoms. The Morgan fingerprint density at radius 3 is 2.55 bits per heavy atom. The minimum atomic E-state index is -1.04. The van der Waals surface area contributed by atoms with Crippen LogP contribution in [0.25, 0.3) is 0 Å². The fraction of sp³-hybridized carbons (Fsp3) is 0.318. The molecule has 2 heterocycles. The summed E-state index contributed by atoms with van der Waals surface area (Å²) in [6.07, 6.45) is 0.557. The van der Waals surface area contributed by atoms with Crippen molar-refractivity contribution in [1.82, 2.24) is 15.1 Å². The predicted molar refractivity (Wildman–Crippen MR) is 111 cm³/mol.